The summed E-state index contributed by atoms with van der Waals surface area (Å²) in [5.41, 5.74) is 4.50. The van der Waals surface area contributed by atoms with E-state index >= 15 is 0 Å². The Morgan fingerprint density at radius 3 is 1.47 bits per heavy atom. The van der Waals surface area contributed by atoms with Crippen molar-refractivity contribution in [3.8, 4) is 0 Å². The standard InChI is InChI=1S/C3H6ClNO.C2H2Cl2O.CH5N.CH4S/c1-5-3(6)2-4;3-1-2(4)5;2*1-2/h2H2,1H3,(H,5,6);1H2;2H2,1H3;2H,1H3. The monoisotopic (exact) mass is 298 g/mol. The average molecular weight is 300 g/mol. The second kappa shape index (κ2) is 29.2. The molecule has 0 aliphatic heterocycles. The third-order valence-electron chi connectivity index (χ3n) is 0.505. The van der Waals surface area contributed by atoms with Crippen molar-refractivity contribution in [3.63, 3.8) is 0 Å². The average Bonchev–Trinajstić information content (AvgIpc) is 2.33. The zero-order chi connectivity index (χ0) is 13.3. The predicted molar refractivity (Wildman–Crippen MR) is 71.4 cm³/mol. The molecule has 0 aliphatic rings. The molecule has 0 atom stereocenters. The van der Waals surface area contributed by atoms with E-state index in [2.05, 4.69) is 23.7 Å². The third kappa shape index (κ3) is 54.4. The number of carbonyl (C=O) groups is 2. The minimum absolute atomic E-state index is 0.0521. The second-order valence-corrected chi connectivity index (χ2v) is 2.25. The Morgan fingerprint density at radius 2 is 1.47 bits per heavy atom. The minimum atomic E-state index is -0.508. The van der Waals surface area contributed by atoms with Crippen LogP contribution in [0.25, 0.3) is 0 Å². The predicted octanol–water partition coefficient (Wildman–Crippen LogP) is 1.08. The fourth-order valence-corrected chi connectivity index (χ4v) is 0.200. The Kier molecular flexibility index (Phi) is 47.8. The third-order valence-corrected chi connectivity index (χ3v) is 1.26. The molecule has 0 bridgehead atoms. The number of hydrogen-bond acceptors (Lipinski definition) is 4. The molecule has 0 saturated carbocycles. The first kappa shape index (κ1) is 24.5. The summed E-state index contributed by atoms with van der Waals surface area (Å²) in [6, 6.07) is 0. The molecule has 0 aromatic carbocycles. The molecule has 0 saturated heterocycles. The van der Waals surface area contributed by atoms with Gasteiger partial charge in [0.15, 0.2) is 0 Å². The van der Waals surface area contributed by atoms with Crippen LogP contribution in [0, 0.1) is 0 Å². The van der Waals surface area contributed by atoms with Crippen LogP contribution in [0.15, 0.2) is 0 Å². The first-order chi connectivity index (χ1) is 7.08. The molecule has 15 heavy (non-hydrogen) atoms. The minimum Gasteiger partial charge on any atom is -0.358 e. The van der Waals surface area contributed by atoms with Crippen LogP contribution in [0.1, 0.15) is 0 Å². The highest BCUT2D eigenvalue weighted by atomic mass is 35.5. The lowest BCUT2D eigenvalue weighted by molar-refractivity contribution is -0.118. The van der Waals surface area contributed by atoms with Crippen LogP contribution in [0.4, 0.5) is 0 Å². The smallest absolute Gasteiger partial charge is 0.236 e. The number of nitrogens with one attached hydrogen (secondary N) is 1. The lowest BCUT2D eigenvalue weighted by Gasteiger charge is -1.85. The first-order valence-corrected chi connectivity index (χ1v) is 5.95. The molecular weight excluding hydrogens is 283 g/mol. The van der Waals surface area contributed by atoms with Gasteiger partial charge in [0.25, 0.3) is 0 Å². The summed E-state index contributed by atoms with van der Waals surface area (Å²) in [5.74, 6) is -0.186. The number of alkyl halides is 2. The van der Waals surface area contributed by atoms with Crippen molar-refractivity contribution in [2.24, 2.45) is 5.73 Å². The molecular formula is C7H17Cl3N2O2S. The van der Waals surface area contributed by atoms with Gasteiger partial charge >= 0.3 is 0 Å². The van der Waals surface area contributed by atoms with E-state index in [0.29, 0.717) is 0 Å². The van der Waals surface area contributed by atoms with Crippen LogP contribution in [-0.2, 0) is 9.59 Å². The van der Waals surface area contributed by atoms with Crippen LogP contribution in [0.5, 0.6) is 0 Å². The number of thiol groups is 1. The highest BCUT2D eigenvalue weighted by Gasteiger charge is 1.86. The lowest BCUT2D eigenvalue weighted by Crippen LogP contribution is -2.18. The van der Waals surface area contributed by atoms with Crippen LogP contribution >= 0.6 is 47.4 Å². The van der Waals surface area contributed by atoms with E-state index < -0.39 is 5.24 Å². The summed E-state index contributed by atoms with van der Waals surface area (Å²) in [4.78, 5) is 19.4. The molecule has 0 aromatic heterocycles. The largest absolute Gasteiger partial charge is 0.358 e. The quantitative estimate of drug-likeness (QED) is 0.406. The summed E-state index contributed by atoms with van der Waals surface area (Å²) in [5, 5.41) is 1.84. The molecule has 4 nitrogen and oxygen atoms in total. The molecule has 1 amide bonds. The number of hydrogen-bond donors (Lipinski definition) is 3. The Morgan fingerprint density at radius 1 is 1.20 bits per heavy atom. The van der Waals surface area contributed by atoms with Crippen molar-refractivity contribution in [1.82, 2.24) is 5.32 Å². The molecule has 94 valence electrons. The normalized spacial score (nSPS) is 6.40. The van der Waals surface area contributed by atoms with Crippen molar-refractivity contribution >= 4 is 58.6 Å². The zero-order valence-corrected chi connectivity index (χ0v) is 12.1. The number of halogens is 3. The Hall–Kier alpha value is 0.320. The highest BCUT2D eigenvalue weighted by molar-refractivity contribution is 7.79. The summed E-state index contributed by atoms with van der Waals surface area (Å²) in [7, 11) is 3.05. The van der Waals surface area contributed by atoms with Crippen LogP contribution in [-0.4, -0.2) is 43.3 Å². The molecule has 8 heteroatoms. The van der Waals surface area contributed by atoms with Gasteiger partial charge in [0, 0.05) is 7.05 Å². The SMILES string of the molecule is CN.CNC(=O)CCl.CS.O=C(Cl)CCl. The maximum absolute atomic E-state index is 9.94. The van der Waals surface area contributed by atoms with Crippen LogP contribution in [0.2, 0.25) is 0 Å². The number of nitrogens with two attached hydrogens (primary N) is 1. The molecule has 0 heterocycles. The lowest BCUT2D eigenvalue weighted by atomic mass is 10.7. The van der Waals surface area contributed by atoms with E-state index in [1.165, 1.54) is 7.05 Å². The highest BCUT2D eigenvalue weighted by Crippen LogP contribution is 1.80. The van der Waals surface area contributed by atoms with E-state index in [4.69, 9.17) is 34.8 Å². The van der Waals surface area contributed by atoms with Crippen molar-refractivity contribution < 1.29 is 9.59 Å². The Labute approximate surface area is 111 Å². The molecule has 0 fully saturated rings. The number of rotatable bonds is 2. The van der Waals surface area contributed by atoms with Crippen molar-refractivity contribution in [1.29, 1.82) is 0 Å². The van der Waals surface area contributed by atoms with Gasteiger partial charge in [0.1, 0.15) is 5.88 Å². The van der Waals surface area contributed by atoms with Crippen LogP contribution < -0.4 is 11.1 Å². The topological polar surface area (TPSA) is 72.2 Å². The van der Waals surface area contributed by atoms with Crippen molar-refractivity contribution in [2.75, 3.05) is 32.1 Å². The maximum atomic E-state index is 9.94. The van der Waals surface area contributed by atoms with E-state index in [1.807, 2.05) is 0 Å². The molecule has 0 aromatic rings. The van der Waals surface area contributed by atoms with E-state index in [-0.39, 0.29) is 17.7 Å². The number of carbonyl (C=O) groups excluding carboxylic acids is 2. The molecule has 3 N–H and O–H groups in total. The van der Waals surface area contributed by atoms with Gasteiger partial charge in [0.05, 0.1) is 5.88 Å². The van der Waals surface area contributed by atoms with Gasteiger partial charge in [-0.15, -0.1) is 23.2 Å². The second-order valence-electron chi connectivity index (χ2n) is 1.30. The van der Waals surface area contributed by atoms with Gasteiger partial charge in [0.2, 0.25) is 11.1 Å². The fourth-order valence-electron chi connectivity index (χ4n) is 0.0668. The first-order valence-electron chi connectivity index (χ1n) is 3.61. The van der Waals surface area contributed by atoms with Gasteiger partial charge in [-0.25, -0.2) is 0 Å². The van der Waals surface area contributed by atoms with Gasteiger partial charge in [-0.2, -0.15) is 12.6 Å². The molecule has 0 aliphatic carbocycles. The molecule has 0 radical (unpaired) electrons. The van der Waals surface area contributed by atoms with Gasteiger partial charge in [-0.1, -0.05) is 0 Å². The van der Waals surface area contributed by atoms with Crippen LogP contribution in [0.3, 0.4) is 0 Å². The summed E-state index contributed by atoms with van der Waals surface area (Å²) in [6.07, 6.45) is 1.69. The van der Waals surface area contributed by atoms with E-state index in [1.54, 1.807) is 13.3 Å². The van der Waals surface area contributed by atoms with Gasteiger partial charge < -0.3 is 11.1 Å². The molecule has 0 unspecified atom stereocenters. The summed E-state index contributed by atoms with van der Waals surface area (Å²) >= 11 is 18.1. The van der Waals surface area contributed by atoms with Gasteiger partial charge in [-0.3, -0.25) is 9.59 Å². The summed E-state index contributed by atoms with van der Waals surface area (Å²) in [6.45, 7) is 0. The van der Waals surface area contributed by atoms with Crippen molar-refractivity contribution in [3.05, 3.63) is 0 Å². The Bertz CT molecular complexity index is 133. The van der Waals surface area contributed by atoms with E-state index in [9.17, 15) is 9.59 Å². The Balaban J connectivity index is -0.0000000610. The fraction of sp³-hybridized carbons (Fsp3) is 0.714. The van der Waals surface area contributed by atoms with E-state index in [0.717, 1.165) is 0 Å². The molecule has 0 spiro atoms. The number of amides is 1. The van der Waals surface area contributed by atoms with Crippen molar-refractivity contribution in [2.45, 2.75) is 0 Å². The molecule has 0 rings (SSSR count). The maximum Gasteiger partial charge on any atom is 0.236 e. The zero-order valence-electron chi connectivity index (χ0n) is 8.89. The van der Waals surface area contributed by atoms with Gasteiger partial charge in [-0.05, 0) is 24.9 Å². The summed E-state index contributed by atoms with van der Waals surface area (Å²) < 4.78 is 0.